The molecule has 0 unspecified atom stereocenters. The molecule has 20 heteroatoms. The summed E-state index contributed by atoms with van der Waals surface area (Å²) in [5.41, 5.74) is 6.39. The van der Waals surface area contributed by atoms with E-state index in [4.69, 9.17) is 16.7 Å². The number of carbonyl (C=O) groups excluding carboxylic acids is 2. The molecule has 0 aliphatic carbocycles. The molecule has 0 saturated carbocycles. The molecule has 3 N–H and O–H groups in total. The number of aromatic amines is 1. The Morgan fingerprint density at radius 2 is 1.00 bits per heavy atom. The van der Waals surface area contributed by atoms with E-state index in [0.29, 0.717) is 21.8 Å². The lowest BCUT2D eigenvalue weighted by Crippen LogP contribution is -2.12. The first-order valence-corrected chi connectivity index (χ1v) is 24.9. The van der Waals surface area contributed by atoms with Crippen molar-refractivity contribution >= 4 is 145 Å². The van der Waals surface area contributed by atoms with Crippen molar-refractivity contribution in [2.24, 2.45) is 28.2 Å². The summed E-state index contributed by atoms with van der Waals surface area (Å²) >= 11 is 14.7. The summed E-state index contributed by atoms with van der Waals surface area (Å²) in [6.07, 6.45) is 17.6. The predicted molar refractivity (Wildman–Crippen MR) is 292 cm³/mol. The Morgan fingerprint density at radius 1 is 0.586 bits per heavy atom. The molecule has 11 rings (SSSR count). The number of hydrogen-bond acceptors (Lipinski definition) is 9. The van der Waals surface area contributed by atoms with Crippen LogP contribution in [0.25, 0.3) is 55.2 Å². The van der Waals surface area contributed by atoms with E-state index in [0.717, 1.165) is 58.7 Å². The first kappa shape index (κ1) is 52.4. The molecule has 0 spiro atoms. The molecular weight excluding hydrogens is 1160 g/mol. The maximum absolute atomic E-state index is 12.2. The number of amides is 1. The molecule has 0 aliphatic rings. The third kappa shape index (κ3) is 13.4. The summed E-state index contributed by atoms with van der Waals surface area (Å²) in [5.74, 6) is -1.49. The summed E-state index contributed by atoms with van der Waals surface area (Å²) in [6.45, 7) is 0. The second-order valence-electron chi connectivity index (χ2n) is 15.0. The zero-order chi connectivity index (χ0) is 50.5. The number of halogens is 4. The lowest BCUT2D eigenvalue weighted by atomic mass is 10.2. The predicted octanol–water partition coefficient (Wildman–Crippen LogP) is 11.8. The van der Waals surface area contributed by atoms with Gasteiger partial charge in [-0.1, -0.05) is 34.2 Å². The van der Waals surface area contributed by atoms with Gasteiger partial charge < -0.3 is 38.4 Å². The SMILES string of the molecule is Brc1cnc2[nH]ccc2c1.CI.COC(=O)c1cnc2c(ccn2C)c1.Cn1ccc2cc(Br)cnc21.Cn1ccc2cc(C(=O)Nc3ccc(Cl)cc3)cnc21.Cn1ccc2cc(C(=O)O)cnc21. The molecule has 0 fully saturated rings. The van der Waals surface area contributed by atoms with Crippen molar-refractivity contribution in [2.75, 3.05) is 17.4 Å². The Labute approximate surface area is 437 Å². The number of esters is 1. The fourth-order valence-electron chi connectivity index (χ4n) is 6.71. The third-order valence-electron chi connectivity index (χ3n) is 10.2. The number of hydrogen-bond donors (Lipinski definition) is 3. The number of nitrogens with zero attached hydrogens (tertiary/aromatic N) is 9. The maximum atomic E-state index is 12.2. The molecule has 0 atom stereocenters. The number of aromatic carboxylic acids is 1. The molecule has 358 valence electrons. The number of methoxy groups -OCH3 is 1. The molecular formula is C50H45Br2ClIN11O5. The monoisotopic (exact) mass is 1200 g/mol. The van der Waals surface area contributed by atoms with E-state index >= 15 is 0 Å². The number of aromatic nitrogens is 10. The summed E-state index contributed by atoms with van der Waals surface area (Å²) < 4.78 is 14.3. The van der Waals surface area contributed by atoms with Crippen molar-refractivity contribution in [1.29, 1.82) is 0 Å². The highest BCUT2D eigenvalue weighted by atomic mass is 127. The number of carboxylic acids is 1. The molecule has 0 radical (unpaired) electrons. The number of fused-ring (bicyclic) bond motifs is 5. The topological polar surface area (TPSA) is 193 Å². The Morgan fingerprint density at radius 3 is 1.50 bits per heavy atom. The molecule has 0 aliphatic heterocycles. The number of benzene rings is 1. The van der Waals surface area contributed by atoms with Crippen LogP contribution in [0.5, 0.6) is 0 Å². The number of ether oxygens (including phenoxy) is 1. The lowest BCUT2D eigenvalue weighted by Gasteiger charge is -2.05. The number of H-pyrrole nitrogens is 1. The summed E-state index contributed by atoms with van der Waals surface area (Å²) in [5, 5.41) is 17.2. The van der Waals surface area contributed by atoms with Crippen LogP contribution in [0.15, 0.2) is 156 Å². The van der Waals surface area contributed by atoms with E-state index in [1.165, 1.54) is 24.9 Å². The smallest absolute Gasteiger partial charge is 0.339 e. The van der Waals surface area contributed by atoms with Crippen LogP contribution >= 0.6 is 66.1 Å². The first-order chi connectivity index (χ1) is 33.7. The largest absolute Gasteiger partial charge is 0.478 e. The molecule has 10 aromatic heterocycles. The Bertz CT molecular complexity index is 3570. The minimum Gasteiger partial charge on any atom is -0.478 e. The van der Waals surface area contributed by atoms with Crippen LogP contribution in [0.1, 0.15) is 31.1 Å². The fraction of sp³-hybridized carbons (Fsp3) is 0.120. The number of rotatable bonds is 4. The van der Waals surface area contributed by atoms with Gasteiger partial charge in [0, 0.05) is 137 Å². The van der Waals surface area contributed by atoms with Crippen molar-refractivity contribution in [3.8, 4) is 0 Å². The average molecular weight is 1200 g/mol. The minimum atomic E-state index is -0.946. The van der Waals surface area contributed by atoms with Gasteiger partial charge >= 0.3 is 11.9 Å². The van der Waals surface area contributed by atoms with Gasteiger partial charge in [-0.05, 0) is 122 Å². The third-order valence-corrected chi connectivity index (χ3v) is 11.3. The van der Waals surface area contributed by atoms with Crippen LogP contribution in [-0.2, 0) is 32.9 Å². The lowest BCUT2D eigenvalue weighted by molar-refractivity contribution is 0.0599. The molecule has 11 aromatic rings. The van der Waals surface area contributed by atoms with Crippen molar-refractivity contribution < 1.29 is 24.2 Å². The molecule has 1 amide bonds. The molecule has 16 nitrogen and oxygen atoms in total. The highest BCUT2D eigenvalue weighted by molar-refractivity contribution is 14.1. The Hall–Kier alpha value is -6.94. The van der Waals surface area contributed by atoms with E-state index in [2.05, 4.69) is 100 Å². The van der Waals surface area contributed by atoms with E-state index < -0.39 is 5.97 Å². The van der Waals surface area contributed by atoms with Gasteiger partial charge in [-0.15, -0.1) is 0 Å². The normalized spacial score (nSPS) is 10.4. The van der Waals surface area contributed by atoms with Crippen LogP contribution < -0.4 is 5.32 Å². The quantitative estimate of drug-likeness (QED) is 0.0867. The summed E-state index contributed by atoms with van der Waals surface area (Å²) in [4.78, 5) is 59.9. The molecule has 0 saturated heterocycles. The van der Waals surface area contributed by atoms with Gasteiger partial charge in [0.15, 0.2) is 0 Å². The van der Waals surface area contributed by atoms with Gasteiger partial charge in [-0.2, -0.15) is 0 Å². The number of carboxylic acid groups (broad SMARTS) is 1. The Kier molecular flexibility index (Phi) is 18.4. The van der Waals surface area contributed by atoms with Crippen LogP contribution in [0.3, 0.4) is 0 Å². The van der Waals surface area contributed by atoms with Gasteiger partial charge in [0.2, 0.25) is 0 Å². The number of nitrogens with one attached hydrogen (secondary N) is 2. The zero-order valence-corrected chi connectivity index (χ0v) is 44.6. The molecule has 0 bridgehead atoms. The van der Waals surface area contributed by atoms with E-state index in [-0.39, 0.29) is 17.4 Å². The maximum Gasteiger partial charge on any atom is 0.339 e. The van der Waals surface area contributed by atoms with Crippen LogP contribution in [0.2, 0.25) is 5.02 Å². The van der Waals surface area contributed by atoms with E-state index in [9.17, 15) is 14.4 Å². The van der Waals surface area contributed by atoms with Gasteiger partial charge in [0.1, 0.15) is 28.2 Å². The zero-order valence-electron chi connectivity index (χ0n) is 38.5. The first-order valence-electron chi connectivity index (χ1n) is 20.8. The number of pyridine rings is 5. The van der Waals surface area contributed by atoms with Crippen molar-refractivity contribution in [2.45, 2.75) is 0 Å². The summed E-state index contributed by atoms with van der Waals surface area (Å²) in [7, 11) is 9.05. The molecule has 70 heavy (non-hydrogen) atoms. The highest BCUT2D eigenvalue weighted by Crippen LogP contribution is 2.20. The van der Waals surface area contributed by atoms with Crippen molar-refractivity contribution in [3.63, 3.8) is 0 Å². The van der Waals surface area contributed by atoms with Gasteiger partial charge in [-0.3, -0.25) is 4.79 Å². The fourth-order valence-corrected chi connectivity index (χ4v) is 7.54. The number of anilines is 1. The van der Waals surface area contributed by atoms with Crippen molar-refractivity contribution in [1.82, 2.24) is 48.2 Å². The summed E-state index contributed by atoms with van der Waals surface area (Å²) in [6, 6.07) is 26.0. The van der Waals surface area contributed by atoms with E-state index in [1.807, 2.05) is 131 Å². The number of alkyl halides is 1. The standard InChI is InChI=1S/C15H12ClN3O.C10H10N2O2.C9H8N2O2.C8H7BrN2.C7H5BrN2.CH3I/c1-19-7-6-10-8-11(9-17-14(10)19)15(20)18-13-4-2-12(16)3-5-13;1-12-4-3-7-5-8(10(13)14-2)6-11-9(7)12;1-11-3-2-6-4-7(9(12)13)5-10-8(6)11;1-11-3-2-6-4-7(9)5-10-8(6)11;8-6-3-5-1-2-9-7(5)10-4-6;1-2/h2-9H,1H3,(H,18,20);3-6H,1-2H3;2-5H,1H3,(H,12,13);2-5H,1H3;1-4H,(H,9,10);1H3. The molecule has 1 aromatic carbocycles. The minimum absolute atomic E-state index is 0.189. The van der Waals surface area contributed by atoms with Gasteiger partial charge in [0.05, 0.1) is 23.8 Å². The molecule has 10 heterocycles. The number of aryl methyl sites for hydroxylation is 4. The second kappa shape index (κ2) is 24.6. The van der Waals surface area contributed by atoms with E-state index in [1.54, 1.807) is 48.8 Å². The second-order valence-corrected chi connectivity index (χ2v) is 17.3. The Balaban J connectivity index is 0.000000145. The van der Waals surface area contributed by atoms with Gasteiger partial charge in [-0.25, -0.2) is 34.5 Å². The highest BCUT2D eigenvalue weighted by Gasteiger charge is 2.11. The van der Waals surface area contributed by atoms with Crippen LogP contribution in [0.4, 0.5) is 5.69 Å². The van der Waals surface area contributed by atoms with Gasteiger partial charge in [0.25, 0.3) is 5.91 Å². The van der Waals surface area contributed by atoms with Crippen molar-refractivity contribution in [3.05, 3.63) is 178 Å². The van der Waals surface area contributed by atoms with Crippen LogP contribution in [0, 0.1) is 0 Å². The average Bonchev–Trinajstić information content (AvgIpc) is 4.23. The van der Waals surface area contributed by atoms with Crippen LogP contribution in [-0.4, -0.2) is 83.2 Å². The number of carbonyl (C=O) groups is 3.